The lowest BCUT2D eigenvalue weighted by Gasteiger charge is -2.26. The van der Waals surface area contributed by atoms with E-state index in [-0.39, 0.29) is 13.2 Å². The summed E-state index contributed by atoms with van der Waals surface area (Å²) < 4.78 is 17.2. The van der Waals surface area contributed by atoms with Crippen molar-refractivity contribution in [2.75, 3.05) is 18.5 Å². The summed E-state index contributed by atoms with van der Waals surface area (Å²) >= 11 is 0. The summed E-state index contributed by atoms with van der Waals surface area (Å²) in [5, 5.41) is 29.4. The summed E-state index contributed by atoms with van der Waals surface area (Å²) in [4.78, 5) is 24.6. The predicted molar refractivity (Wildman–Crippen MR) is 133 cm³/mol. The molecule has 3 aromatic rings. The highest BCUT2D eigenvalue weighted by Crippen LogP contribution is 2.29. The first-order chi connectivity index (χ1) is 18.0. The highest BCUT2D eigenvalue weighted by molar-refractivity contribution is 5.86. The van der Waals surface area contributed by atoms with Crippen LogP contribution in [0.4, 0.5) is 10.5 Å². The van der Waals surface area contributed by atoms with Gasteiger partial charge >= 0.3 is 6.09 Å². The number of rotatable bonds is 11. The normalized spacial score (nSPS) is 12.1. The molecule has 4 N–H and O–H groups in total. The van der Waals surface area contributed by atoms with Crippen LogP contribution in [0.15, 0.2) is 91.0 Å². The molecule has 2 atom stereocenters. The van der Waals surface area contributed by atoms with Gasteiger partial charge in [-0.25, -0.2) is 10.3 Å². The molecule has 10 nitrogen and oxygen atoms in total. The molecule has 0 aliphatic heterocycles. The molecule has 0 spiro atoms. The summed E-state index contributed by atoms with van der Waals surface area (Å²) in [6.45, 7) is -0.0290. The van der Waals surface area contributed by atoms with Crippen molar-refractivity contribution >= 4 is 17.7 Å². The highest BCUT2D eigenvalue weighted by atomic mass is 16.6. The van der Waals surface area contributed by atoms with Gasteiger partial charge in [0.05, 0.1) is 18.2 Å². The van der Waals surface area contributed by atoms with Crippen LogP contribution >= 0.6 is 0 Å². The highest BCUT2D eigenvalue weighted by Gasteiger charge is 2.28. The van der Waals surface area contributed by atoms with E-state index in [0.717, 1.165) is 6.08 Å². The first-order valence-corrected chi connectivity index (χ1v) is 11.2. The average Bonchev–Trinajstić information content (AvgIpc) is 2.94. The first-order valence-electron chi connectivity index (χ1n) is 11.2. The molecule has 3 aromatic carbocycles. The van der Waals surface area contributed by atoms with Gasteiger partial charge in [0.1, 0.15) is 18.1 Å². The number of ether oxygens (including phenoxy) is 3. The standard InChI is InChI=1S/C27H25N3O7/c28-18-19-6-10-21(11-7-19)29-27(33)37-26(20-8-12-22(13-9-20)35-17-16-31)24(14-15-25(32)30-34)36-23-4-2-1-3-5-23/h1-15,24,26,31,34H,16-17H2,(H,29,33)(H,30,32)/b15-14+/t24-,26-/m1/s1. The second-order valence-corrected chi connectivity index (χ2v) is 7.51. The van der Waals surface area contributed by atoms with E-state index < -0.39 is 24.2 Å². The molecule has 0 aromatic heterocycles. The molecule has 0 saturated carbocycles. The lowest BCUT2D eigenvalue weighted by atomic mass is 10.0. The fraction of sp³-hybridized carbons (Fsp3) is 0.148. The Bertz CT molecular complexity index is 1220. The van der Waals surface area contributed by atoms with Crippen LogP contribution in [0.25, 0.3) is 0 Å². The summed E-state index contributed by atoms with van der Waals surface area (Å²) in [6.07, 6.45) is -0.434. The molecule has 0 saturated heterocycles. The zero-order valence-electron chi connectivity index (χ0n) is 19.6. The monoisotopic (exact) mass is 503 g/mol. The summed E-state index contributed by atoms with van der Waals surface area (Å²) in [6, 6.07) is 23.6. The molecule has 190 valence electrons. The van der Waals surface area contributed by atoms with Crippen molar-refractivity contribution in [1.29, 1.82) is 5.26 Å². The smallest absolute Gasteiger partial charge is 0.412 e. The van der Waals surface area contributed by atoms with Gasteiger partial charge in [-0.05, 0) is 60.2 Å². The molecule has 3 rings (SSSR count). The predicted octanol–water partition coefficient (Wildman–Crippen LogP) is 3.73. The van der Waals surface area contributed by atoms with Crippen molar-refractivity contribution in [1.82, 2.24) is 5.48 Å². The van der Waals surface area contributed by atoms with Gasteiger partial charge in [-0.15, -0.1) is 0 Å². The number of hydrogen-bond donors (Lipinski definition) is 4. The minimum Gasteiger partial charge on any atom is -0.491 e. The van der Waals surface area contributed by atoms with Crippen LogP contribution in [0, 0.1) is 11.3 Å². The topological polar surface area (TPSA) is 150 Å². The van der Waals surface area contributed by atoms with Crippen LogP contribution in [0.5, 0.6) is 11.5 Å². The van der Waals surface area contributed by atoms with Crippen molar-refractivity contribution in [3.8, 4) is 17.6 Å². The molecule has 0 aliphatic carbocycles. The van der Waals surface area contributed by atoms with E-state index in [4.69, 9.17) is 29.8 Å². The lowest BCUT2D eigenvalue weighted by molar-refractivity contribution is -0.124. The molecule has 0 bridgehead atoms. The van der Waals surface area contributed by atoms with Crippen molar-refractivity contribution < 1.29 is 34.1 Å². The number of hydrogen-bond acceptors (Lipinski definition) is 8. The third-order valence-corrected chi connectivity index (χ3v) is 4.92. The van der Waals surface area contributed by atoms with E-state index in [0.29, 0.717) is 28.3 Å². The third-order valence-electron chi connectivity index (χ3n) is 4.92. The molecule has 0 radical (unpaired) electrons. The zero-order chi connectivity index (χ0) is 26.5. The van der Waals surface area contributed by atoms with E-state index >= 15 is 0 Å². The van der Waals surface area contributed by atoms with Crippen LogP contribution in [0.3, 0.4) is 0 Å². The van der Waals surface area contributed by atoms with Crippen molar-refractivity contribution in [3.63, 3.8) is 0 Å². The van der Waals surface area contributed by atoms with Crippen LogP contribution in [-0.4, -0.2) is 41.6 Å². The minimum absolute atomic E-state index is 0.116. The Morgan fingerprint density at radius 1 is 0.973 bits per heavy atom. The summed E-state index contributed by atoms with van der Waals surface area (Å²) in [5.41, 5.74) is 2.87. The quantitative estimate of drug-likeness (QED) is 0.176. The van der Waals surface area contributed by atoms with Crippen LogP contribution < -0.4 is 20.3 Å². The van der Waals surface area contributed by atoms with Crippen LogP contribution in [-0.2, 0) is 9.53 Å². The van der Waals surface area contributed by atoms with Crippen molar-refractivity contribution in [2.45, 2.75) is 12.2 Å². The SMILES string of the molecule is N#Cc1ccc(NC(=O)O[C@H](c2ccc(OCCO)cc2)[C@@H](/C=C/C(=O)NO)Oc2ccccc2)cc1. The second-order valence-electron chi connectivity index (χ2n) is 7.51. The number of anilines is 1. The Labute approximate surface area is 213 Å². The maximum absolute atomic E-state index is 12.9. The Balaban J connectivity index is 1.91. The van der Waals surface area contributed by atoms with Gasteiger partial charge < -0.3 is 19.3 Å². The number of nitrogens with one attached hydrogen (secondary N) is 2. The largest absolute Gasteiger partial charge is 0.491 e. The molecular weight excluding hydrogens is 478 g/mol. The van der Waals surface area contributed by atoms with Crippen molar-refractivity contribution in [2.24, 2.45) is 0 Å². The van der Waals surface area contributed by atoms with Gasteiger partial charge in [0, 0.05) is 11.8 Å². The number of benzene rings is 3. The number of aliphatic hydroxyl groups excluding tert-OH is 1. The number of nitrogens with zero attached hydrogens (tertiary/aromatic N) is 1. The minimum atomic E-state index is -1.05. The molecule has 0 unspecified atom stereocenters. The van der Waals surface area contributed by atoms with Gasteiger partial charge in [0.15, 0.2) is 12.2 Å². The Morgan fingerprint density at radius 3 is 2.30 bits per heavy atom. The lowest BCUT2D eigenvalue weighted by Crippen LogP contribution is -2.30. The van der Waals surface area contributed by atoms with Gasteiger partial charge in [-0.2, -0.15) is 5.26 Å². The fourth-order valence-corrected chi connectivity index (χ4v) is 3.21. The van der Waals surface area contributed by atoms with E-state index in [1.165, 1.54) is 11.6 Å². The summed E-state index contributed by atoms with van der Waals surface area (Å²) in [5.74, 6) is 0.148. The van der Waals surface area contributed by atoms with Gasteiger partial charge in [0.25, 0.3) is 5.91 Å². The number of aliphatic hydroxyl groups is 1. The van der Waals surface area contributed by atoms with E-state index in [1.54, 1.807) is 78.9 Å². The van der Waals surface area contributed by atoms with Crippen molar-refractivity contribution in [3.05, 3.63) is 102 Å². The zero-order valence-corrected chi connectivity index (χ0v) is 19.6. The van der Waals surface area contributed by atoms with Crippen LogP contribution in [0.1, 0.15) is 17.2 Å². The molecule has 0 fully saturated rings. The van der Waals surface area contributed by atoms with Gasteiger partial charge in [-0.3, -0.25) is 15.3 Å². The molecule has 0 aliphatic rings. The van der Waals surface area contributed by atoms with Gasteiger partial charge in [-0.1, -0.05) is 30.3 Å². The third kappa shape index (κ3) is 8.40. The van der Waals surface area contributed by atoms with Gasteiger partial charge in [0.2, 0.25) is 0 Å². The number of nitriles is 1. The van der Waals surface area contributed by atoms with E-state index in [9.17, 15) is 9.59 Å². The molecule has 0 heterocycles. The number of para-hydroxylation sites is 1. The van der Waals surface area contributed by atoms with E-state index in [1.807, 2.05) is 6.07 Å². The Kier molecular flexibility index (Phi) is 10.0. The summed E-state index contributed by atoms with van der Waals surface area (Å²) in [7, 11) is 0. The molecular formula is C27H25N3O7. The average molecular weight is 504 g/mol. The molecule has 10 heteroatoms. The molecule has 2 amide bonds. The van der Waals surface area contributed by atoms with E-state index in [2.05, 4.69) is 5.32 Å². The number of carbonyl (C=O) groups excluding carboxylic acids is 2. The first kappa shape index (κ1) is 26.7. The second kappa shape index (κ2) is 13.9. The Hall–Kier alpha value is -4.85. The Morgan fingerprint density at radius 2 is 1.68 bits per heavy atom. The maximum Gasteiger partial charge on any atom is 0.412 e. The maximum atomic E-state index is 12.9. The molecule has 37 heavy (non-hydrogen) atoms. The van der Waals surface area contributed by atoms with Crippen LogP contribution in [0.2, 0.25) is 0 Å². The fourth-order valence-electron chi connectivity index (χ4n) is 3.21. The number of carbonyl (C=O) groups is 2. The number of hydroxylamine groups is 1. The number of amides is 2.